The molecule has 5 N–H and O–H groups in total. The molecule has 172 valence electrons. The van der Waals surface area contributed by atoms with Crippen molar-refractivity contribution in [2.75, 3.05) is 12.3 Å². The van der Waals surface area contributed by atoms with Gasteiger partial charge in [-0.05, 0) is 12.1 Å². The second-order valence-corrected chi connectivity index (χ2v) is 14.2. The van der Waals surface area contributed by atoms with Gasteiger partial charge in [0.1, 0.15) is 12.3 Å². The van der Waals surface area contributed by atoms with Crippen molar-refractivity contribution in [3.05, 3.63) is 41.7 Å². The molecule has 0 radical (unpaired) electrons. The number of anilines is 1. The Labute approximate surface area is 183 Å². The minimum Gasteiger partial charge on any atom is -0.409 e. The van der Waals surface area contributed by atoms with Crippen molar-refractivity contribution in [3.8, 4) is 11.3 Å². The maximum atomic E-state index is 13.6. The Bertz CT molecular complexity index is 1150. The number of nitrogen functional groups attached to an aromatic ring is 1. The first-order valence-electron chi connectivity index (χ1n) is 9.79. The van der Waals surface area contributed by atoms with E-state index in [2.05, 4.69) is 34.8 Å². The summed E-state index contributed by atoms with van der Waals surface area (Å²) in [5, 5.41) is 12.5. The normalized spacial score (nSPS) is 13.1. The van der Waals surface area contributed by atoms with Crippen molar-refractivity contribution >= 4 is 30.8 Å². The van der Waals surface area contributed by atoms with Crippen LogP contribution in [0, 0.1) is 0 Å². The molecule has 0 amide bonds. The Morgan fingerprint density at radius 3 is 2.62 bits per heavy atom. The summed E-state index contributed by atoms with van der Waals surface area (Å²) < 4.78 is 48.4. The van der Waals surface area contributed by atoms with Crippen LogP contribution in [0.1, 0.15) is 11.1 Å². The molecule has 0 aliphatic heterocycles. The molecule has 0 saturated heterocycles. The first kappa shape index (κ1) is 23.5. The highest BCUT2D eigenvalue weighted by Crippen LogP contribution is 2.39. The van der Waals surface area contributed by atoms with Gasteiger partial charge in [-0.2, -0.15) is 13.2 Å². The number of amidine groups is 1. The lowest BCUT2D eigenvalue weighted by atomic mass is 10.0. The maximum Gasteiger partial charge on any atom is 0.419 e. The minimum atomic E-state index is -4.67. The highest BCUT2D eigenvalue weighted by atomic mass is 28.3. The van der Waals surface area contributed by atoms with E-state index in [4.69, 9.17) is 21.4 Å². The fourth-order valence-electron chi connectivity index (χ4n) is 3.15. The lowest BCUT2D eigenvalue weighted by molar-refractivity contribution is -0.137. The molecular weight excluding hydrogens is 441 g/mol. The number of halogens is 3. The summed E-state index contributed by atoms with van der Waals surface area (Å²) in [5.41, 5.74) is 11.2. The number of oxime groups is 1. The number of nitrogens with two attached hydrogens (primary N) is 2. The lowest BCUT2D eigenvalue weighted by Crippen LogP contribution is -2.22. The molecule has 0 unspecified atom stereocenters. The molecule has 1 aromatic carbocycles. The predicted molar refractivity (Wildman–Crippen MR) is 119 cm³/mol. The monoisotopic (exact) mass is 466 g/mol. The van der Waals surface area contributed by atoms with Crippen LogP contribution in [0.3, 0.4) is 0 Å². The number of benzene rings is 1. The van der Waals surface area contributed by atoms with E-state index in [0.29, 0.717) is 29.3 Å². The van der Waals surface area contributed by atoms with Gasteiger partial charge < -0.3 is 26.0 Å². The van der Waals surface area contributed by atoms with Gasteiger partial charge in [-0.3, -0.25) is 0 Å². The Morgan fingerprint density at radius 2 is 2.00 bits per heavy atom. The molecule has 0 aliphatic rings. The van der Waals surface area contributed by atoms with E-state index in [1.54, 1.807) is 22.8 Å². The third-order valence-electron chi connectivity index (χ3n) is 4.88. The smallest absolute Gasteiger partial charge is 0.409 e. The number of hydrogen-bond acceptors (Lipinski definition) is 6. The van der Waals surface area contributed by atoms with Crippen LogP contribution < -0.4 is 11.5 Å². The average molecular weight is 467 g/mol. The van der Waals surface area contributed by atoms with Crippen LogP contribution in [0.25, 0.3) is 22.2 Å². The molecule has 0 atom stereocenters. The zero-order valence-corrected chi connectivity index (χ0v) is 18.9. The second kappa shape index (κ2) is 8.79. The van der Waals surface area contributed by atoms with Crippen LogP contribution in [-0.2, 0) is 17.6 Å². The van der Waals surface area contributed by atoms with E-state index in [0.717, 1.165) is 6.04 Å². The molecule has 0 fully saturated rings. The first-order chi connectivity index (χ1) is 14.9. The zero-order chi connectivity index (χ0) is 23.7. The number of alkyl halides is 3. The van der Waals surface area contributed by atoms with Crippen LogP contribution in [0.5, 0.6) is 0 Å². The van der Waals surface area contributed by atoms with Crippen LogP contribution in [0.4, 0.5) is 19.1 Å². The quantitative estimate of drug-likeness (QED) is 0.120. The molecule has 0 aliphatic carbocycles. The van der Waals surface area contributed by atoms with E-state index in [9.17, 15) is 13.2 Å². The number of nitrogens with zero attached hydrogens (tertiary/aromatic N) is 4. The van der Waals surface area contributed by atoms with E-state index < -0.39 is 19.8 Å². The van der Waals surface area contributed by atoms with E-state index in [-0.39, 0.29) is 29.8 Å². The average Bonchev–Trinajstić information content (AvgIpc) is 3.06. The molecule has 2 aromatic heterocycles. The van der Waals surface area contributed by atoms with Crippen molar-refractivity contribution in [2.24, 2.45) is 10.9 Å². The largest absolute Gasteiger partial charge is 0.419 e. The molecule has 3 rings (SSSR count). The van der Waals surface area contributed by atoms with Crippen molar-refractivity contribution in [1.29, 1.82) is 0 Å². The maximum absolute atomic E-state index is 13.6. The van der Waals surface area contributed by atoms with Gasteiger partial charge in [0.25, 0.3) is 0 Å². The van der Waals surface area contributed by atoms with Gasteiger partial charge in [0.05, 0.1) is 11.2 Å². The topological polar surface area (TPSA) is 125 Å². The van der Waals surface area contributed by atoms with Crippen molar-refractivity contribution in [2.45, 2.75) is 38.6 Å². The third-order valence-corrected chi connectivity index (χ3v) is 6.58. The molecule has 0 bridgehead atoms. The Morgan fingerprint density at radius 1 is 1.28 bits per heavy atom. The summed E-state index contributed by atoms with van der Waals surface area (Å²) in [6, 6.07) is 5.70. The van der Waals surface area contributed by atoms with Gasteiger partial charge in [-0.25, -0.2) is 9.97 Å². The lowest BCUT2D eigenvalue weighted by Gasteiger charge is -2.15. The van der Waals surface area contributed by atoms with Gasteiger partial charge >= 0.3 is 6.18 Å². The van der Waals surface area contributed by atoms with Crippen molar-refractivity contribution < 1.29 is 23.1 Å². The fraction of sp³-hybridized carbons (Fsp3) is 0.350. The molecule has 8 nitrogen and oxygen atoms in total. The predicted octanol–water partition coefficient (Wildman–Crippen LogP) is 4.11. The third kappa shape index (κ3) is 5.19. The Hall–Kier alpha value is -3.12. The summed E-state index contributed by atoms with van der Waals surface area (Å²) in [5.74, 6) is -0.392. The number of ether oxygens (including phenoxy) is 1. The summed E-state index contributed by atoms with van der Waals surface area (Å²) >= 11 is 0. The van der Waals surface area contributed by atoms with Crippen molar-refractivity contribution in [1.82, 2.24) is 14.5 Å². The summed E-state index contributed by atoms with van der Waals surface area (Å²) in [7, 11) is -1.31. The standard InChI is InChI=1S/C20H25F3N6O2Si/c1-32(2,3)7-6-31-11-29-10-14(13-5-4-12(8-16(13)29)18(24)28-30)17-15(20(21,22)23)9-26-19(25)27-17/h4-5,8-10,30H,6-7,11H2,1-3H3,(H2,24,28)(H2,25,26,27). The number of hydrogen-bond donors (Lipinski definition) is 3. The Balaban J connectivity index is 2.13. The fourth-order valence-corrected chi connectivity index (χ4v) is 3.91. The van der Waals surface area contributed by atoms with Gasteiger partial charge in [0.15, 0.2) is 5.84 Å². The molecule has 0 saturated carbocycles. The van der Waals surface area contributed by atoms with Crippen LogP contribution in [0.15, 0.2) is 35.7 Å². The highest BCUT2D eigenvalue weighted by Gasteiger charge is 2.36. The summed E-state index contributed by atoms with van der Waals surface area (Å²) in [6.45, 7) is 7.31. The van der Waals surface area contributed by atoms with E-state index in [1.807, 2.05) is 0 Å². The van der Waals surface area contributed by atoms with Crippen molar-refractivity contribution in [3.63, 3.8) is 0 Å². The van der Waals surface area contributed by atoms with Gasteiger partial charge in [0, 0.05) is 43.6 Å². The highest BCUT2D eigenvalue weighted by molar-refractivity contribution is 6.76. The SMILES string of the molecule is C[Si](C)(C)CCOCn1cc(-c2nc(N)ncc2C(F)(F)F)c2ccc(/C(N)=N/O)cc21. The van der Waals surface area contributed by atoms with Gasteiger partial charge in [-0.1, -0.05) is 36.9 Å². The molecule has 12 heteroatoms. The Kier molecular flexibility index (Phi) is 6.46. The van der Waals surface area contributed by atoms with Gasteiger partial charge in [0.2, 0.25) is 5.95 Å². The summed E-state index contributed by atoms with van der Waals surface area (Å²) in [6.07, 6.45) is -2.46. The van der Waals surface area contributed by atoms with E-state index >= 15 is 0 Å². The molecular formula is C20H25F3N6O2Si. The van der Waals surface area contributed by atoms with Crippen LogP contribution in [-0.4, -0.2) is 40.3 Å². The molecule has 3 aromatic rings. The van der Waals surface area contributed by atoms with Gasteiger partial charge in [-0.15, -0.1) is 0 Å². The first-order valence-corrected chi connectivity index (χ1v) is 13.5. The molecule has 2 heterocycles. The number of fused-ring (bicyclic) bond motifs is 1. The second-order valence-electron chi connectivity index (χ2n) is 8.57. The summed E-state index contributed by atoms with van der Waals surface area (Å²) in [4.78, 5) is 7.40. The van der Waals surface area contributed by atoms with E-state index in [1.165, 1.54) is 6.20 Å². The van der Waals surface area contributed by atoms with Crippen LogP contribution >= 0.6 is 0 Å². The molecule has 32 heavy (non-hydrogen) atoms. The number of aromatic nitrogens is 3. The molecule has 0 spiro atoms. The zero-order valence-electron chi connectivity index (χ0n) is 17.9. The number of rotatable bonds is 7. The minimum absolute atomic E-state index is 0.114. The van der Waals surface area contributed by atoms with Crippen LogP contribution in [0.2, 0.25) is 25.7 Å².